The van der Waals surface area contributed by atoms with Crippen LogP contribution in [0.4, 0.5) is 0 Å². The second-order valence-electron chi connectivity index (χ2n) is 12.3. The van der Waals surface area contributed by atoms with Crippen molar-refractivity contribution >= 4 is 22.8 Å². The quantitative estimate of drug-likeness (QED) is 0.141. The van der Waals surface area contributed by atoms with Crippen molar-refractivity contribution in [2.75, 3.05) is 0 Å². The highest BCUT2D eigenvalue weighted by Crippen LogP contribution is 2.45. The zero-order chi connectivity index (χ0) is 38.3. The number of nitrogens with zero attached hydrogens (tertiary/aromatic N) is 8. The molecule has 5 heterocycles. The summed E-state index contributed by atoms with van der Waals surface area (Å²) in [7, 11) is 0. The highest BCUT2D eigenvalue weighted by atomic mass is 16.6. The summed E-state index contributed by atoms with van der Waals surface area (Å²) in [6.45, 7) is 14.1. The molecule has 0 fully saturated rings. The van der Waals surface area contributed by atoms with Gasteiger partial charge < -0.3 is 0 Å². The van der Waals surface area contributed by atoms with Crippen molar-refractivity contribution in [3.8, 4) is 0 Å². The average molecular weight is 713 g/mol. The third-order valence-electron chi connectivity index (χ3n) is 9.99. The molecule has 0 aromatic rings. The number of hydrogen-bond donors (Lipinski definition) is 0. The Bertz CT molecular complexity index is 1860. The van der Waals surface area contributed by atoms with E-state index in [2.05, 4.69) is 20.0 Å². The topological polar surface area (TPSA) is 222 Å². The first-order valence-corrected chi connectivity index (χ1v) is 17.6. The molecule has 0 spiro atoms. The molecular formula is C36H40N8O8. The summed E-state index contributed by atoms with van der Waals surface area (Å²) in [5.41, 5.74) is 0.172. The van der Waals surface area contributed by atoms with E-state index in [-0.39, 0.29) is 97.0 Å². The van der Waals surface area contributed by atoms with E-state index in [0.29, 0.717) is 44.6 Å². The van der Waals surface area contributed by atoms with Crippen LogP contribution in [0.25, 0.3) is 0 Å². The Kier molecular flexibility index (Phi) is 10.4. The van der Waals surface area contributed by atoms with E-state index in [1.165, 1.54) is 0 Å². The summed E-state index contributed by atoms with van der Waals surface area (Å²) < 4.78 is 0. The number of hydrogen-bond acceptors (Lipinski definition) is 12. The van der Waals surface area contributed by atoms with Crippen LogP contribution in [0.2, 0.25) is 0 Å². The molecule has 16 heteroatoms. The summed E-state index contributed by atoms with van der Waals surface area (Å²) in [6.07, 6.45) is 1.74. The van der Waals surface area contributed by atoms with Crippen LogP contribution >= 0.6 is 0 Å². The van der Waals surface area contributed by atoms with Gasteiger partial charge in [-0.1, -0.05) is 55.4 Å². The molecule has 0 saturated heterocycles. The third kappa shape index (κ3) is 5.52. The molecule has 0 unspecified atom stereocenters. The van der Waals surface area contributed by atoms with Gasteiger partial charge in [-0.2, -0.15) is 0 Å². The Labute approximate surface area is 299 Å². The lowest BCUT2D eigenvalue weighted by atomic mass is 9.91. The summed E-state index contributed by atoms with van der Waals surface area (Å²) in [5, 5.41) is 52.6. The first kappa shape index (κ1) is 37.5. The van der Waals surface area contributed by atoms with Gasteiger partial charge in [0.05, 0.1) is 19.7 Å². The zero-order valence-electron chi connectivity index (χ0n) is 30.5. The van der Waals surface area contributed by atoms with Crippen LogP contribution < -0.4 is 0 Å². The van der Waals surface area contributed by atoms with Gasteiger partial charge in [0, 0.05) is 0 Å². The Morgan fingerprint density at radius 1 is 0.327 bits per heavy atom. The van der Waals surface area contributed by atoms with Crippen molar-refractivity contribution in [1.29, 1.82) is 0 Å². The van der Waals surface area contributed by atoms with Gasteiger partial charge in [0.2, 0.25) is 0 Å². The fourth-order valence-corrected chi connectivity index (χ4v) is 7.88. The van der Waals surface area contributed by atoms with Crippen LogP contribution in [0, 0.1) is 40.5 Å². The summed E-state index contributed by atoms with van der Waals surface area (Å²) in [6, 6.07) is 0. The first-order chi connectivity index (χ1) is 24.8. The summed E-state index contributed by atoms with van der Waals surface area (Å²) >= 11 is 0. The third-order valence-corrected chi connectivity index (χ3v) is 9.99. The van der Waals surface area contributed by atoms with Crippen LogP contribution in [0.5, 0.6) is 0 Å². The number of allylic oxidation sites excluding steroid dienone is 8. The molecule has 0 aromatic carbocycles. The molecule has 5 rings (SSSR count). The molecule has 0 amide bonds. The molecule has 5 aliphatic rings. The normalized spacial score (nSPS) is 19.1. The van der Waals surface area contributed by atoms with E-state index in [4.69, 9.17) is 0 Å². The van der Waals surface area contributed by atoms with Gasteiger partial charge in [0.25, 0.3) is 0 Å². The summed E-state index contributed by atoms with van der Waals surface area (Å²) in [4.78, 5) is 68.7. The molecule has 16 nitrogen and oxygen atoms in total. The number of fused-ring (bicyclic) bond motifs is 4. The highest BCUT2D eigenvalue weighted by molar-refractivity contribution is 6.22. The van der Waals surface area contributed by atoms with E-state index in [9.17, 15) is 40.5 Å². The molecule has 0 aromatic heterocycles. The van der Waals surface area contributed by atoms with Gasteiger partial charge in [0.1, 0.15) is 45.6 Å². The van der Waals surface area contributed by atoms with Crippen molar-refractivity contribution < 1.29 is 19.7 Å². The molecule has 8 bridgehead atoms. The van der Waals surface area contributed by atoms with Gasteiger partial charge >= 0.3 is 22.8 Å². The Balaban J connectivity index is 2.18. The average Bonchev–Trinajstić information content (AvgIpc) is 3.84. The second kappa shape index (κ2) is 14.4. The molecule has 0 N–H and O–H groups in total. The van der Waals surface area contributed by atoms with Gasteiger partial charge in [0.15, 0.2) is 0 Å². The van der Waals surface area contributed by atoms with Gasteiger partial charge in [-0.15, -0.1) is 0 Å². The maximum absolute atomic E-state index is 13.2. The van der Waals surface area contributed by atoms with Crippen molar-refractivity contribution in [3.63, 3.8) is 0 Å². The summed E-state index contributed by atoms with van der Waals surface area (Å²) in [5.74, 6) is 0. The van der Waals surface area contributed by atoms with Gasteiger partial charge in [-0.25, -0.2) is 20.0 Å². The van der Waals surface area contributed by atoms with Gasteiger partial charge in [-0.05, 0) is 96.0 Å². The molecule has 5 aliphatic heterocycles. The Morgan fingerprint density at radius 3 is 0.596 bits per heavy atom. The minimum absolute atomic E-state index is 0.121. The van der Waals surface area contributed by atoms with Gasteiger partial charge in [-0.3, -0.25) is 40.5 Å². The fraction of sp³-hybridized carbons (Fsp3) is 0.444. The number of nitro groups is 4. The Hall–Kier alpha value is -5.80. The van der Waals surface area contributed by atoms with Crippen molar-refractivity contribution in [1.82, 2.24) is 0 Å². The standard InChI is InChI=1S/C36H40N8O8/c1-9-17-18(10-2)26-34(42(47)48)28-21(13-5)22(14-6)30(39-28)36(44(51)52)32-24(16-8)23(15-7)31(40-32)35(43(49)50)29-20(12-4)19(11-3)27(38-29)33(41(45)46)25(17)37-26/h9-16H2,1-8H3. The monoisotopic (exact) mass is 712 g/mol. The first-order valence-electron chi connectivity index (χ1n) is 17.6. The number of aliphatic imine (C=N–C) groups is 4. The van der Waals surface area contributed by atoms with E-state index < -0.39 is 42.5 Å². The van der Waals surface area contributed by atoms with Crippen LogP contribution in [0.3, 0.4) is 0 Å². The molecule has 272 valence electrons. The smallest absolute Gasteiger partial charge is 0.258 e. The molecular weight excluding hydrogens is 672 g/mol. The molecule has 0 atom stereocenters. The van der Waals surface area contributed by atoms with Crippen molar-refractivity contribution in [2.24, 2.45) is 20.0 Å². The zero-order valence-corrected chi connectivity index (χ0v) is 30.5. The lowest BCUT2D eigenvalue weighted by Crippen LogP contribution is -2.16. The van der Waals surface area contributed by atoms with Crippen LogP contribution in [0.15, 0.2) is 110 Å². The fourth-order valence-electron chi connectivity index (χ4n) is 7.88. The van der Waals surface area contributed by atoms with Crippen LogP contribution in [-0.4, -0.2) is 42.5 Å². The van der Waals surface area contributed by atoms with Crippen LogP contribution in [-0.2, 0) is 0 Å². The number of rotatable bonds is 12. The van der Waals surface area contributed by atoms with E-state index in [0.717, 1.165) is 0 Å². The van der Waals surface area contributed by atoms with E-state index >= 15 is 0 Å². The van der Waals surface area contributed by atoms with Crippen LogP contribution in [0.1, 0.15) is 107 Å². The van der Waals surface area contributed by atoms with Crippen molar-refractivity contribution in [2.45, 2.75) is 107 Å². The molecule has 0 radical (unpaired) electrons. The highest BCUT2D eigenvalue weighted by Gasteiger charge is 2.47. The molecule has 0 aliphatic carbocycles. The predicted molar refractivity (Wildman–Crippen MR) is 196 cm³/mol. The maximum Gasteiger partial charge on any atom is 0.320 e. The minimum Gasteiger partial charge on any atom is -0.258 e. The van der Waals surface area contributed by atoms with Crippen molar-refractivity contribution in [3.05, 3.63) is 131 Å². The lowest BCUT2D eigenvalue weighted by molar-refractivity contribution is -0.416. The lowest BCUT2D eigenvalue weighted by Gasteiger charge is -2.09. The molecule has 52 heavy (non-hydrogen) atoms. The molecule has 0 saturated carbocycles. The predicted octanol–water partition coefficient (Wildman–Crippen LogP) is 8.24. The Morgan fingerprint density at radius 2 is 0.481 bits per heavy atom. The van der Waals surface area contributed by atoms with E-state index in [1.54, 1.807) is 55.4 Å². The minimum atomic E-state index is -0.633. The second-order valence-corrected chi connectivity index (χ2v) is 12.3. The van der Waals surface area contributed by atoms with E-state index in [1.807, 2.05) is 0 Å². The largest absolute Gasteiger partial charge is 0.320 e. The maximum atomic E-state index is 13.2. The SMILES string of the molecule is CCC1=C(CC)C2=C([N+](=O)[O-])C3=NC(=C([N+](=O)[O-])C4=NC(=C([N+](=O)[O-])C5=NC(=C([N+](=O)[O-])C1=N2)C(CC)=C5CC)C(CC)=C4CC)C(CC)=C3CC.